The van der Waals surface area contributed by atoms with E-state index in [1.54, 1.807) is 6.07 Å². The van der Waals surface area contributed by atoms with Crippen LogP contribution in [-0.2, 0) is 6.42 Å². The summed E-state index contributed by atoms with van der Waals surface area (Å²) in [7, 11) is 0. The van der Waals surface area contributed by atoms with E-state index in [1.807, 2.05) is 0 Å². The van der Waals surface area contributed by atoms with Gasteiger partial charge >= 0.3 is 0 Å². The van der Waals surface area contributed by atoms with Gasteiger partial charge in [-0.05, 0) is 42.5 Å². The van der Waals surface area contributed by atoms with Gasteiger partial charge in [-0.2, -0.15) is 0 Å². The zero-order chi connectivity index (χ0) is 12.3. The summed E-state index contributed by atoms with van der Waals surface area (Å²) in [4.78, 5) is 0. The fourth-order valence-corrected chi connectivity index (χ4v) is 3.09. The van der Waals surface area contributed by atoms with Crippen LogP contribution in [0.3, 0.4) is 0 Å². The van der Waals surface area contributed by atoms with Crippen LogP contribution in [-0.4, -0.2) is 6.54 Å². The largest absolute Gasteiger partial charge is 0.330 e. The molecule has 1 atom stereocenters. The molecule has 1 unspecified atom stereocenters. The molecule has 1 aromatic rings. The van der Waals surface area contributed by atoms with Gasteiger partial charge in [0.25, 0.3) is 0 Å². The lowest BCUT2D eigenvalue weighted by Crippen LogP contribution is -2.24. The first-order valence-electron chi connectivity index (χ1n) is 6.34. The lowest BCUT2D eigenvalue weighted by atomic mass is 9.86. The van der Waals surface area contributed by atoms with E-state index in [-0.39, 0.29) is 5.82 Å². The molecule has 1 saturated carbocycles. The van der Waals surface area contributed by atoms with E-state index in [2.05, 4.69) is 0 Å². The molecule has 17 heavy (non-hydrogen) atoms. The van der Waals surface area contributed by atoms with Crippen molar-refractivity contribution in [1.29, 1.82) is 0 Å². The molecule has 1 fully saturated rings. The van der Waals surface area contributed by atoms with Gasteiger partial charge in [-0.3, -0.25) is 0 Å². The summed E-state index contributed by atoms with van der Waals surface area (Å²) in [6, 6.07) is 4.65. The SMILES string of the molecule is NCC(Cc1ccc(F)cc1Cl)C1CCCC1. The molecule has 0 bridgehead atoms. The Morgan fingerprint density at radius 1 is 1.35 bits per heavy atom. The van der Waals surface area contributed by atoms with Crippen LogP contribution in [0.15, 0.2) is 18.2 Å². The van der Waals surface area contributed by atoms with Crippen molar-refractivity contribution in [1.82, 2.24) is 0 Å². The summed E-state index contributed by atoms with van der Waals surface area (Å²) >= 11 is 6.06. The molecule has 94 valence electrons. The molecule has 0 aliphatic heterocycles. The monoisotopic (exact) mass is 255 g/mol. The maximum Gasteiger partial charge on any atom is 0.124 e. The highest BCUT2D eigenvalue weighted by molar-refractivity contribution is 6.31. The molecule has 0 radical (unpaired) electrons. The molecule has 2 rings (SSSR count). The first-order valence-corrected chi connectivity index (χ1v) is 6.72. The summed E-state index contributed by atoms with van der Waals surface area (Å²) < 4.78 is 13.0. The molecular formula is C14H19ClFN. The molecule has 1 aliphatic rings. The Kier molecular flexibility index (Phi) is 4.41. The first kappa shape index (κ1) is 12.8. The molecule has 0 heterocycles. The number of hydrogen-bond acceptors (Lipinski definition) is 1. The Hall–Kier alpha value is -0.600. The van der Waals surface area contributed by atoms with E-state index < -0.39 is 0 Å². The number of halogens is 2. The van der Waals surface area contributed by atoms with E-state index in [9.17, 15) is 4.39 Å². The average Bonchev–Trinajstić information content (AvgIpc) is 2.81. The highest BCUT2D eigenvalue weighted by Crippen LogP contribution is 2.33. The molecular weight excluding hydrogens is 237 g/mol. The lowest BCUT2D eigenvalue weighted by Gasteiger charge is -2.22. The molecule has 0 amide bonds. The molecule has 1 nitrogen and oxygen atoms in total. The zero-order valence-corrected chi connectivity index (χ0v) is 10.7. The third kappa shape index (κ3) is 3.20. The van der Waals surface area contributed by atoms with Crippen LogP contribution in [0.2, 0.25) is 5.02 Å². The number of hydrogen-bond donors (Lipinski definition) is 1. The van der Waals surface area contributed by atoms with E-state index in [0.717, 1.165) is 17.9 Å². The quantitative estimate of drug-likeness (QED) is 0.871. The molecule has 1 aromatic carbocycles. The minimum atomic E-state index is -0.274. The second-order valence-electron chi connectivity index (χ2n) is 4.98. The van der Waals surface area contributed by atoms with Crippen LogP contribution in [0.25, 0.3) is 0 Å². The Morgan fingerprint density at radius 2 is 2.06 bits per heavy atom. The molecule has 3 heteroatoms. The summed E-state index contributed by atoms with van der Waals surface area (Å²) in [5.74, 6) is 0.936. The molecule has 0 spiro atoms. The zero-order valence-electron chi connectivity index (χ0n) is 9.96. The van der Waals surface area contributed by atoms with Gasteiger partial charge in [0.15, 0.2) is 0 Å². The van der Waals surface area contributed by atoms with Crippen molar-refractivity contribution in [3.8, 4) is 0 Å². The van der Waals surface area contributed by atoms with Gasteiger partial charge in [0, 0.05) is 5.02 Å². The van der Waals surface area contributed by atoms with Crippen LogP contribution in [0.5, 0.6) is 0 Å². The van der Waals surface area contributed by atoms with Gasteiger partial charge in [0.1, 0.15) is 5.82 Å². The predicted molar refractivity (Wildman–Crippen MR) is 69.6 cm³/mol. The smallest absolute Gasteiger partial charge is 0.124 e. The van der Waals surface area contributed by atoms with Crippen molar-refractivity contribution >= 4 is 11.6 Å². The van der Waals surface area contributed by atoms with Gasteiger partial charge in [-0.1, -0.05) is 43.4 Å². The van der Waals surface area contributed by atoms with Crippen molar-refractivity contribution in [2.45, 2.75) is 32.1 Å². The summed E-state index contributed by atoms with van der Waals surface area (Å²) in [5, 5.41) is 0.529. The van der Waals surface area contributed by atoms with Crippen molar-refractivity contribution in [2.75, 3.05) is 6.54 Å². The van der Waals surface area contributed by atoms with Crippen molar-refractivity contribution in [2.24, 2.45) is 17.6 Å². The molecule has 1 aliphatic carbocycles. The third-order valence-corrected chi connectivity index (χ3v) is 4.22. The second kappa shape index (κ2) is 5.83. The normalized spacial score (nSPS) is 18.5. The van der Waals surface area contributed by atoms with E-state index in [0.29, 0.717) is 17.5 Å². The number of rotatable bonds is 4. The summed E-state index contributed by atoms with van der Waals surface area (Å²) in [5.41, 5.74) is 6.89. The highest BCUT2D eigenvalue weighted by atomic mass is 35.5. The average molecular weight is 256 g/mol. The minimum Gasteiger partial charge on any atom is -0.330 e. The number of nitrogens with two attached hydrogens (primary N) is 1. The second-order valence-corrected chi connectivity index (χ2v) is 5.39. The topological polar surface area (TPSA) is 26.0 Å². The van der Waals surface area contributed by atoms with Gasteiger partial charge < -0.3 is 5.73 Å². The predicted octanol–water partition coefficient (Wildman–Crippen LogP) is 3.79. The Morgan fingerprint density at radius 3 is 2.65 bits per heavy atom. The van der Waals surface area contributed by atoms with Crippen LogP contribution >= 0.6 is 11.6 Å². The van der Waals surface area contributed by atoms with Gasteiger partial charge in [0.2, 0.25) is 0 Å². The fraction of sp³-hybridized carbons (Fsp3) is 0.571. The minimum absolute atomic E-state index is 0.274. The van der Waals surface area contributed by atoms with E-state index >= 15 is 0 Å². The molecule has 0 aromatic heterocycles. The van der Waals surface area contributed by atoms with E-state index in [1.165, 1.54) is 37.8 Å². The van der Waals surface area contributed by atoms with Crippen molar-refractivity contribution in [3.05, 3.63) is 34.6 Å². The van der Waals surface area contributed by atoms with E-state index in [4.69, 9.17) is 17.3 Å². The Balaban J connectivity index is 2.06. The Bertz CT molecular complexity index is 374. The van der Waals surface area contributed by atoms with Gasteiger partial charge in [0.05, 0.1) is 0 Å². The maximum atomic E-state index is 13.0. The fourth-order valence-electron chi connectivity index (χ4n) is 2.84. The van der Waals surface area contributed by atoms with Crippen molar-refractivity contribution in [3.63, 3.8) is 0 Å². The van der Waals surface area contributed by atoms with Crippen LogP contribution in [0.1, 0.15) is 31.2 Å². The molecule has 2 N–H and O–H groups in total. The molecule has 0 saturated heterocycles. The summed E-state index contributed by atoms with van der Waals surface area (Å²) in [6.45, 7) is 0.693. The Labute approximate surface area is 107 Å². The maximum absolute atomic E-state index is 13.0. The first-order chi connectivity index (χ1) is 8.20. The van der Waals surface area contributed by atoms with Crippen LogP contribution in [0, 0.1) is 17.7 Å². The van der Waals surface area contributed by atoms with Crippen LogP contribution in [0.4, 0.5) is 4.39 Å². The number of benzene rings is 1. The highest BCUT2D eigenvalue weighted by Gasteiger charge is 2.24. The van der Waals surface area contributed by atoms with Crippen LogP contribution < -0.4 is 5.73 Å². The van der Waals surface area contributed by atoms with Crippen molar-refractivity contribution < 1.29 is 4.39 Å². The summed E-state index contributed by atoms with van der Waals surface area (Å²) in [6.07, 6.45) is 6.07. The van der Waals surface area contributed by atoms with Gasteiger partial charge in [-0.25, -0.2) is 4.39 Å². The lowest BCUT2D eigenvalue weighted by molar-refractivity contribution is 0.344. The standard InChI is InChI=1S/C14H19ClFN/c15-14-8-13(16)6-5-11(14)7-12(9-17)10-3-1-2-4-10/h5-6,8,10,12H,1-4,7,9,17H2. The third-order valence-electron chi connectivity index (χ3n) is 3.87. The van der Waals surface area contributed by atoms with Gasteiger partial charge in [-0.15, -0.1) is 0 Å².